The average molecular weight is 259 g/mol. The second kappa shape index (κ2) is 6.53. The minimum atomic E-state index is -0.198. The predicted octanol–water partition coefficient (Wildman–Crippen LogP) is 1.06. The number of nitrogens with zero attached hydrogens (tertiary/aromatic N) is 3. The van der Waals surface area contributed by atoms with E-state index in [4.69, 9.17) is 0 Å². The number of H-pyrrole nitrogens is 1. The molecular weight excluding hydrogens is 242 g/mol. The molecule has 1 aromatic heterocycles. The van der Waals surface area contributed by atoms with Crippen molar-refractivity contribution in [2.45, 2.75) is 6.42 Å². The monoisotopic (exact) mass is 259 g/mol. The molecule has 0 aliphatic carbocycles. The van der Waals surface area contributed by atoms with E-state index in [2.05, 4.69) is 37.8 Å². The van der Waals surface area contributed by atoms with Gasteiger partial charge in [-0.1, -0.05) is 18.2 Å². The zero-order chi connectivity index (χ0) is 13.5. The van der Waals surface area contributed by atoms with Crippen LogP contribution in [0.3, 0.4) is 0 Å². The molecule has 0 aliphatic heterocycles. The van der Waals surface area contributed by atoms with Gasteiger partial charge in [0.05, 0.1) is 6.20 Å². The number of anilines is 1. The fraction of sp³-hybridized carbons (Fsp3) is 0.308. The summed E-state index contributed by atoms with van der Waals surface area (Å²) in [7, 11) is 2.04. The number of carbonyl (C=O) groups is 1. The van der Waals surface area contributed by atoms with Crippen molar-refractivity contribution in [3.8, 4) is 0 Å². The zero-order valence-electron chi connectivity index (χ0n) is 10.8. The summed E-state index contributed by atoms with van der Waals surface area (Å²) in [6, 6.07) is 10.1. The van der Waals surface area contributed by atoms with Gasteiger partial charge in [0.25, 0.3) is 5.91 Å². The number of benzene rings is 1. The molecule has 2 aromatic rings. The third-order valence-corrected chi connectivity index (χ3v) is 2.80. The summed E-state index contributed by atoms with van der Waals surface area (Å²) in [6.45, 7) is 1.49. The number of nitrogens with one attached hydrogen (secondary N) is 2. The van der Waals surface area contributed by atoms with Crippen molar-refractivity contribution in [2.75, 3.05) is 25.0 Å². The van der Waals surface area contributed by atoms with E-state index in [-0.39, 0.29) is 5.91 Å². The first kappa shape index (κ1) is 13.1. The highest BCUT2D eigenvalue weighted by molar-refractivity contribution is 5.91. The highest BCUT2D eigenvalue weighted by Gasteiger charge is 2.07. The molecule has 1 amide bonds. The lowest BCUT2D eigenvalue weighted by Crippen LogP contribution is -2.28. The van der Waals surface area contributed by atoms with Crippen LogP contribution in [0, 0.1) is 0 Å². The minimum absolute atomic E-state index is 0.198. The third kappa shape index (κ3) is 3.80. The quantitative estimate of drug-likeness (QED) is 0.761. The first-order valence-corrected chi connectivity index (χ1v) is 6.17. The van der Waals surface area contributed by atoms with Crippen molar-refractivity contribution >= 4 is 11.6 Å². The van der Waals surface area contributed by atoms with Gasteiger partial charge in [-0.3, -0.25) is 4.79 Å². The third-order valence-electron chi connectivity index (χ3n) is 2.80. The van der Waals surface area contributed by atoms with Crippen LogP contribution in [-0.2, 0) is 0 Å². The van der Waals surface area contributed by atoms with Crippen molar-refractivity contribution in [3.63, 3.8) is 0 Å². The van der Waals surface area contributed by atoms with E-state index in [0.717, 1.165) is 13.0 Å². The number of rotatable bonds is 6. The van der Waals surface area contributed by atoms with E-state index in [1.807, 2.05) is 25.2 Å². The van der Waals surface area contributed by atoms with E-state index in [1.165, 1.54) is 11.9 Å². The van der Waals surface area contributed by atoms with Gasteiger partial charge in [-0.25, -0.2) is 0 Å². The van der Waals surface area contributed by atoms with E-state index in [9.17, 15) is 4.79 Å². The molecular formula is C13H17N5O. The van der Waals surface area contributed by atoms with Crippen LogP contribution < -0.4 is 10.2 Å². The lowest BCUT2D eigenvalue weighted by atomic mass is 10.3. The van der Waals surface area contributed by atoms with Crippen molar-refractivity contribution in [1.29, 1.82) is 0 Å². The molecule has 2 N–H and O–H groups in total. The number of amides is 1. The molecule has 2 rings (SSSR count). The molecule has 0 saturated heterocycles. The Labute approximate surface area is 111 Å². The maximum atomic E-state index is 11.6. The lowest BCUT2D eigenvalue weighted by molar-refractivity contribution is 0.0948. The topological polar surface area (TPSA) is 73.9 Å². The number of hydrogen-bond donors (Lipinski definition) is 2. The average Bonchev–Trinajstić information content (AvgIpc) is 2.98. The summed E-state index contributed by atoms with van der Waals surface area (Å²) in [6.07, 6.45) is 2.28. The van der Waals surface area contributed by atoms with E-state index in [0.29, 0.717) is 12.2 Å². The molecule has 6 heteroatoms. The van der Waals surface area contributed by atoms with Crippen LogP contribution in [0.1, 0.15) is 16.9 Å². The fourth-order valence-electron chi connectivity index (χ4n) is 1.73. The molecule has 1 heterocycles. The van der Waals surface area contributed by atoms with Gasteiger partial charge in [0.2, 0.25) is 0 Å². The molecule has 100 valence electrons. The normalized spacial score (nSPS) is 10.2. The Morgan fingerprint density at radius 2 is 2.16 bits per heavy atom. The van der Waals surface area contributed by atoms with Crippen molar-refractivity contribution in [2.24, 2.45) is 0 Å². The maximum Gasteiger partial charge on any atom is 0.273 e. The van der Waals surface area contributed by atoms with Crippen LogP contribution in [0.25, 0.3) is 0 Å². The Kier molecular flexibility index (Phi) is 4.49. The molecule has 6 nitrogen and oxygen atoms in total. The van der Waals surface area contributed by atoms with Gasteiger partial charge in [0.1, 0.15) is 0 Å². The Morgan fingerprint density at radius 3 is 2.84 bits per heavy atom. The van der Waals surface area contributed by atoms with Crippen LogP contribution in [-0.4, -0.2) is 41.5 Å². The van der Waals surface area contributed by atoms with Crippen molar-refractivity contribution in [3.05, 3.63) is 42.2 Å². The number of aromatic nitrogens is 3. The number of para-hydroxylation sites is 1. The zero-order valence-corrected chi connectivity index (χ0v) is 10.8. The Morgan fingerprint density at radius 1 is 1.37 bits per heavy atom. The molecule has 0 atom stereocenters. The highest BCUT2D eigenvalue weighted by atomic mass is 16.1. The lowest BCUT2D eigenvalue weighted by Gasteiger charge is -2.19. The van der Waals surface area contributed by atoms with Crippen molar-refractivity contribution in [1.82, 2.24) is 20.7 Å². The molecule has 1 aromatic carbocycles. The van der Waals surface area contributed by atoms with Gasteiger partial charge < -0.3 is 10.2 Å². The molecule has 0 unspecified atom stereocenters. The van der Waals surface area contributed by atoms with Gasteiger partial charge in [-0.2, -0.15) is 15.4 Å². The van der Waals surface area contributed by atoms with Crippen molar-refractivity contribution < 1.29 is 4.79 Å². The first-order valence-electron chi connectivity index (χ1n) is 6.17. The summed E-state index contributed by atoms with van der Waals surface area (Å²) in [4.78, 5) is 13.7. The molecule has 0 radical (unpaired) electrons. The molecule has 0 fully saturated rings. The van der Waals surface area contributed by atoms with Crippen LogP contribution in [0.4, 0.5) is 5.69 Å². The van der Waals surface area contributed by atoms with Gasteiger partial charge in [0, 0.05) is 25.8 Å². The second-order valence-corrected chi connectivity index (χ2v) is 4.22. The fourth-order valence-corrected chi connectivity index (χ4v) is 1.73. The Hall–Kier alpha value is -2.37. The predicted molar refractivity (Wildman–Crippen MR) is 73.0 cm³/mol. The summed E-state index contributed by atoms with van der Waals surface area (Å²) >= 11 is 0. The van der Waals surface area contributed by atoms with Crippen LogP contribution in [0.2, 0.25) is 0 Å². The SMILES string of the molecule is CN(CCCNC(=O)c1cn[nH]n1)c1ccccc1. The Balaban J connectivity index is 1.68. The summed E-state index contributed by atoms with van der Waals surface area (Å²) < 4.78 is 0. The second-order valence-electron chi connectivity index (χ2n) is 4.22. The summed E-state index contributed by atoms with van der Waals surface area (Å²) in [5.41, 5.74) is 1.49. The van der Waals surface area contributed by atoms with Gasteiger partial charge in [-0.05, 0) is 18.6 Å². The number of carbonyl (C=O) groups excluding carboxylic acids is 1. The van der Waals surface area contributed by atoms with E-state index < -0.39 is 0 Å². The largest absolute Gasteiger partial charge is 0.375 e. The molecule has 0 bridgehead atoms. The van der Waals surface area contributed by atoms with Crippen LogP contribution >= 0.6 is 0 Å². The summed E-state index contributed by atoms with van der Waals surface area (Å²) in [5, 5.41) is 12.5. The van der Waals surface area contributed by atoms with E-state index >= 15 is 0 Å². The van der Waals surface area contributed by atoms with Crippen LogP contribution in [0.15, 0.2) is 36.5 Å². The van der Waals surface area contributed by atoms with Gasteiger partial charge >= 0.3 is 0 Å². The summed E-state index contributed by atoms with van der Waals surface area (Å²) in [5.74, 6) is -0.198. The molecule has 0 saturated carbocycles. The number of hydrogen-bond acceptors (Lipinski definition) is 4. The molecule has 19 heavy (non-hydrogen) atoms. The first-order chi connectivity index (χ1) is 9.27. The Bertz CT molecular complexity index is 497. The molecule has 0 aliphatic rings. The smallest absolute Gasteiger partial charge is 0.273 e. The maximum absolute atomic E-state index is 11.6. The van der Waals surface area contributed by atoms with Gasteiger partial charge in [-0.15, -0.1) is 0 Å². The van der Waals surface area contributed by atoms with Crippen LogP contribution in [0.5, 0.6) is 0 Å². The van der Waals surface area contributed by atoms with E-state index in [1.54, 1.807) is 0 Å². The number of aromatic amines is 1. The standard InChI is InChI=1S/C13H17N5O/c1-18(11-6-3-2-4-7-11)9-5-8-14-13(19)12-10-15-17-16-12/h2-4,6-7,10H,5,8-9H2,1H3,(H,14,19)(H,15,16,17). The minimum Gasteiger partial charge on any atom is -0.375 e. The van der Waals surface area contributed by atoms with Gasteiger partial charge in [0.15, 0.2) is 5.69 Å². The molecule has 0 spiro atoms. The highest BCUT2D eigenvalue weighted by Crippen LogP contribution is 2.10.